The predicted molar refractivity (Wildman–Crippen MR) is 91.1 cm³/mol. The minimum absolute atomic E-state index is 0.319. The molecule has 0 amide bonds. The number of rotatable bonds is 4. The van der Waals surface area contributed by atoms with Crippen LogP contribution in [0.25, 0.3) is 10.8 Å². The lowest BCUT2D eigenvalue weighted by atomic mass is 10.1. The van der Waals surface area contributed by atoms with Crippen LogP contribution in [0.3, 0.4) is 0 Å². The number of hydrogen-bond acceptors (Lipinski definition) is 2. The van der Waals surface area contributed by atoms with Gasteiger partial charge in [-0.2, -0.15) is 0 Å². The van der Waals surface area contributed by atoms with Crippen LogP contribution in [0.15, 0.2) is 47.5 Å². The van der Waals surface area contributed by atoms with Crippen molar-refractivity contribution in [3.63, 3.8) is 0 Å². The second kappa shape index (κ2) is 7.27. The van der Waals surface area contributed by atoms with Gasteiger partial charge >= 0.3 is 0 Å². The molecule has 1 unspecified atom stereocenters. The summed E-state index contributed by atoms with van der Waals surface area (Å²) in [5.41, 5.74) is 1.25. The topological polar surface area (TPSA) is 45.7 Å². The van der Waals surface area contributed by atoms with Gasteiger partial charge in [0.2, 0.25) is 0 Å². The molecule has 1 atom stereocenters. The third kappa shape index (κ3) is 3.77. The summed E-state index contributed by atoms with van der Waals surface area (Å²) in [5, 5.41) is 9.23. The van der Waals surface area contributed by atoms with Crippen molar-refractivity contribution in [2.45, 2.75) is 25.5 Å². The number of hydrogen-bond donors (Lipinski definition) is 2. The highest BCUT2D eigenvalue weighted by Gasteiger charge is 2.15. The molecule has 2 N–H and O–H groups in total. The van der Waals surface area contributed by atoms with Gasteiger partial charge in [0.05, 0.1) is 6.10 Å². The Morgan fingerprint density at radius 3 is 2.82 bits per heavy atom. The summed E-state index contributed by atoms with van der Waals surface area (Å²) in [6.45, 7) is 2.46. The Morgan fingerprint density at radius 2 is 2.05 bits per heavy atom. The highest BCUT2D eigenvalue weighted by Crippen LogP contribution is 2.15. The Morgan fingerprint density at radius 1 is 1.18 bits per heavy atom. The third-order valence-corrected chi connectivity index (χ3v) is 4.02. The van der Waals surface area contributed by atoms with E-state index in [9.17, 15) is 0 Å². The predicted octanol–water partition coefficient (Wildman–Crippen LogP) is 2.68. The lowest BCUT2D eigenvalue weighted by Gasteiger charge is -2.15. The van der Waals surface area contributed by atoms with Crippen molar-refractivity contribution >= 4 is 16.7 Å². The first-order chi connectivity index (χ1) is 10.8. The van der Waals surface area contributed by atoms with Crippen molar-refractivity contribution in [1.82, 2.24) is 10.6 Å². The summed E-state index contributed by atoms with van der Waals surface area (Å²) in [6, 6.07) is 14.9. The molecule has 22 heavy (non-hydrogen) atoms. The lowest BCUT2D eigenvalue weighted by Crippen LogP contribution is -2.40. The number of nitrogens with zero attached hydrogens (tertiary/aromatic N) is 1. The quantitative estimate of drug-likeness (QED) is 0.674. The summed E-state index contributed by atoms with van der Waals surface area (Å²) in [7, 11) is 1.80. The van der Waals surface area contributed by atoms with E-state index in [1.807, 2.05) is 0 Å². The smallest absolute Gasteiger partial charge is 0.191 e. The first-order valence-corrected chi connectivity index (χ1v) is 7.89. The highest BCUT2D eigenvalue weighted by atomic mass is 16.5. The van der Waals surface area contributed by atoms with Crippen molar-refractivity contribution in [3.05, 3.63) is 48.0 Å². The molecule has 1 heterocycles. The van der Waals surface area contributed by atoms with Gasteiger partial charge in [0.1, 0.15) is 0 Å². The van der Waals surface area contributed by atoms with Gasteiger partial charge < -0.3 is 15.4 Å². The van der Waals surface area contributed by atoms with Crippen LogP contribution in [0.4, 0.5) is 0 Å². The standard InChI is InChI=1S/C18H23N3O/c1-19-18(21-13-17-7-4-10-22-17)20-12-14-8-9-15-5-2-3-6-16(15)11-14/h2-3,5-6,8-9,11,17H,4,7,10,12-13H2,1H3,(H2,19,20,21). The summed E-state index contributed by atoms with van der Waals surface area (Å²) in [4.78, 5) is 4.27. The number of nitrogens with one attached hydrogen (secondary N) is 2. The lowest BCUT2D eigenvalue weighted by molar-refractivity contribution is 0.114. The fourth-order valence-electron chi connectivity index (χ4n) is 2.77. The van der Waals surface area contributed by atoms with E-state index in [-0.39, 0.29) is 0 Å². The minimum Gasteiger partial charge on any atom is -0.376 e. The van der Waals surface area contributed by atoms with E-state index in [2.05, 4.69) is 58.1 Å². The maximum atomic E-state index is 5.61. The van der Waals surface area contributed by atoms with E-state index in [0.29, 0.717) is 6.10 Å². The van der Waals surface area contributed by atoms with Gasteiger partial charge in [-0.1, -0.05) is 36.4 Å². The van der Waals surface area contributed by atoms with Crippen LogP contribution in [0.1, 0.15) is 18.4 Å². The largest absolute Gasteiger partial charge is 0.376 e. The fraction of sp³-hybridized carbons (Fsp3) is 0.389. The molecule has 1 aliphatic rings. The van der Waals surface area contributed by atoms with Gasteiger partial charge in [-0.15, -0.1) is 0 Å². The molecule has 2 aromatic carbocycles. The second-order valence-electron chi connectivity index (χ2n) is 5.62. The Kier molecular flexibility index (Phi) is 4.91. The Hall–Kier alpha value is -2.07. The summed E-state index contributed by atoms with van der Waals surface area (Å²) in [5.74, 6) is 0.823. The number of benzene rings is 2. The second-order valence-corrected chi connectivity index (χ2v) is 5.62. The van der Waals surface area contributed by atoms with Crippen molar-refractivity contribution in [2.75, 3.05) is 20.2 Å². The average Bonchev–Trinajstić information content (AvgIpc) is 3.08. The zero-order valence-electron chi connectivity index (χ0n) is 13.0. The molecule has 0 aromatic heterocycles. The molecule has 116 valence electrons. The molecule has 1 aliphatic heterocycles. The van der Waals surface area contributed by atoms with Gasteiger partial charge in [-0.05, 0) is 35.2 Å². The average molecular weight is 297 g/mol. The van der Waals surface area contributed by atoms with Crippen LogP contribution >= 0.6 is 0 Å². The monoisotopic (exact) mass is 297 g/mol. The molecule has 0 saturated carbocycles. The minimum atomic E-state index is 0.319. The van der Waals surface area contributed by atoms with E-state index in [4.69, 9.17) is 4.74 Å². The summed E-state index contributed by atoms with van der Waals surface area (Å²) >= 11 is 0. The van der Waals surface area contributed by atoms with Gasteiger partial charge in [-0.3, -0.25) is 4.99 Å². The van der Waals surface area contributed by atoms with Crippen LogP contribution in [0.2, 0.25) is 0 Å². The third-order valence-electron chi connectivity index (χ3n) is 4.02. The number of guanidine groups is 1. The number of ether oxygens (including phenoxy) is 1. The molecule has 0 spiro atoms. The van der Waals surface area contributed by atoms with E-state index in [1.54, 1.807) is 7.05 Å². The van der Waals surface area contributed by atoms with E-state index < -0.39 is 0 Å². The molecule has 3 rings (SSSR count). The Labute approximate surface area is 131 Å². The van der Waals surface area contributed by atoms with Crippen LogP contribution < -0.4 is 10.6 Å². The summed E-state index contributed by atoms with van der Waals surface area (Å²) < 4.78 is 5.61. The van der Waals surface area contributed by atoms with Crippen LogP contribution in [-0.2, 0) is 11.3 Å². The van der Waals surface area contributed by atoms with Crippen LogP contribution in [0.5, 0.6) is 0 Å². The molecule has 4 nitrogen and oxygen atoms in total. The van der Waals surface area contributed by atoms with Crippen molar-refractivity contribution < 1.29 is 4.74 Å². The van der Waals surface area contributed by atoms with Crippen LogP contribution in [-0.4, -0.2) is 32.3 Å². The SMILES string of the molecule is CN=C(NCc1ccc2ccccc2c1)NCC1CCCO1. The Balaban J connectivity index is 1.54. The maximum absolute atomic E-state index is 5.61. The fourth-order valence-corrected chi connectivity index (χ4v) is 2.77. The molecule has 0 bridgehead atoms. The summed E-state index contributed by atoms with van der Waals surface area (Å²) in [6.07, 6.45) is 2.61. The molecule has 4 heteroatoms. The number of aliphatic imine (C=N–C) groups is 1. The van der Waals surface area contributed by atoms with E-state index >= 15 is 0 Å². The molecule has 1 fully saturated rings. The molecule has 2 aromatic rings. The van der Waals surface area contributed by atoms with Gasteiger partial charge in [-0.25, -0.2) is 0 Å². The van der Waals surface area contributed by atoms with Gasteiger partial charge in [0, 0.05) is 26.7 Å². The van der Waals surface area contributed by atoms with Gasteiger partial charge in [0.15, 0.2) is 5.96 Å². The first-order valence-electron chi connectivity index (χ1n) is 7.89. The van der Waals surface area contributed by atoms with Crippen molar-refractivity contribution in [3.8, 4) is 0 Å². The zero-order chi connectivity index (χ0) is 15.2. The Bertz CT molecular complexity index is 648. The van der Waals surface area contributed by atoms with E-state index in [0.717, 1.165) is 38.5 Å². The van der Waals surface area contributed by atoms with E-state index in [1.165, 1.54) is 16.3 Å². The van der Waals surface area contributed by atoms with Crippen molar-refractivity contribution in [1.29, 1.82) is 0 Å². The maximum Gasteiger partial charge on any atom is 0.191 e. The normalized spacial score (nSPS) is 18.6. The molecular weight excluding hydrogens is 274 g/mol. The highest BCUT2D eigenvalue weighted by molar-refractivity contribution is 5.83. The number of fused-ring (bicyclic) bond motifs is 1. The molecular formula is C18H23N3O. The molecule has 0 radical (unpaired) electrons. The van der Waals surface area contributed by atoms with Gasteiger partial charge in [0.25, 0.3) is 0 Å². The first kappa shape index (κ1) is 14.9. The van der Waals surface area contributed by atoms with Crippen LogP contribution in [0, 0.1) is 0 Å². The molecule has 1 saturated heterocycles. The van der Waals surface area contributed by atoms with Crippen molar-refractivity contribution in [2.24, 2.45) is 4.99 Å². The zero-order valence-corrected chi connectivity index (χ0v) is 13.0. The molecule has 0 aliphatic carbocycles.